The third kappa shape index (κ3) is 5.07. The zero-order valence-corrected chi connectivity index (χ0v) is 18.5. The lowest BCUT2D eigenvalue weighted by Gasteiger charge is -2.21. The lowest BCUT2D eigenvalue weighted by Crippen LogP contribution is -2.29. The summed E-state index contributed by atoms with van der Waals surface area (Å²) in [6.07, 6.45) is 0. The molecule has 0 saturated heterocycles. The van der Waals surface area contributed by atoms with E-state index in [0.29, 0.717) is 33.0 Å². The first-order chi connectivity index (χ1) is 14.6. The molecule has 0 aliphatic heterocycles. The number of rotatable bonds is 12. The minimum atomic E-state index is 0.0180. The van der Waals surface area contributed by atoms with Crippen LogP contribution in [0, 0.1) is 0 Å². The number of likely N-dealkylation sites (N-methyl/N-ethyl adjacent to an activating group) is 2. The van der Waals surface area contributed by atoms with Crippen LogP contribution in [0.4, 0.5) is 5.82 Å². The molecule has 0 unspecified atom stereocenters. The van der Waals surface area contributed by atoms with E-state index in [9.17, 15) is 0 Å². The summed E-state index contributed by atoms with van der Waals surface area (Å²) in [5.74, 6) is 1.73. The van der Waals surface area contributed by atoms with Crippen LogP contribution in [0.5, 0.6) is 0 Å². The Morgan fingerprint density at radius 1 is 1.03 bits per heavy atom. The van der Waals surface area contributed by atoms with Crippen molar-refractivity contribution in [2.75, 3.05) is 65.6 Å². The maximum atomic E-state index is 9.01. The van der Waals surface area contributed by atoms with Crippen LogP contribution in [0.3, 0.4) is 0 Å². The van der Waals surface area contributed by atoms with Crippen LogP contribution < -0.4 is 4.90 Å². The van der Waals surface area contributed by atoms with E-state index in [1.807, 2.05) is 25.1 Å². The molecule has 0 saturated carbocycles. The zero-order valence-electron chi connectivity index (χ0n) is 18.5. The van der Waals surface area contributed by atoms with E-state index in [1.54, 1.807) is 0 Å². The molecule has 0 aliphatic rings. The molecule has 2 heterocycles. The van der Waals surface area contributed by atoms with E-state index in [2.05, 4.69) is 41.6 Å². The van der Waals surface area contributed by atoms with Crippen molar-refractivity contribution in [2.24, 2.45) is 0 Å². The maximum absolute atomic E-state index is 9.01. The summed E-state index contributed by atoms with van der Waals surface area (Å²) in [5.41, 5.74) is 2.87. The summed E-state index contributed by atoms with van der Waals surface area (Å²) in [6, 6.07) is 8.17. The fourth-order valence-corrected chi connectivity index (χ4v) is 3.46. The predicted molar refractivity (Wildman–Crippen MR) is 120 cm³/mol. The predicted octanol–water partition coefficient (Wildman–Crippen LogP) is 2.13. The van der Waals surface area contributed by atoms with Gasteiger partial charge in [0.2, 0.25) is 0 Å². The lowest BCUT2D eigenvalue weighted by atomic mass is 10.2. The Hall–Kier alpha value is -2.26. The highest BCUT2D eigenvalue weighted by molar-refractivity contribution is 6.07. The molecule has 1 aromatic carbocycles. The van der Waals surface area contributed by atoms with Gasteiger partial charge in [0.25, 0.3) is 0 Å². The van der Waals surface area contributed by atoms with Gasteiger partial charge in [0, 0.05) is 38.7 Å². The molecule has 3 rings (SSSR count). The van der Waals surface area contributed by atoms with Gasteiger partial charge in [-0.15, -0.1) is 0 Å². The molecule has 3 aromatic rings. The second kappa shape index (κ2) is 10.7. The Morgan fingerprint density at radius 3 is 2.57 bits per heavy atom. The van der Waals surface area contributed by atoms with Crippen molar-refractivity contribution in [2.45, 2.75) is 20.1 Å². The van der Waals surface area contributed by atoms with Crippen molar-refractivity contribution in [1.82, 2.24) is 19.4 Å². The quantitative estimate of drug-likeness (QED) is 0.454. The third-order valence-corrected chi connectivity index (χ3v) is 5.02. The van der Waals surface area contributed by atoms with Crippen LogP contribution in [-0.4, -0.2) is 85.2 Å². The summed E-state index contributed by atoms with van der Waals surface area (Å²) in [7, 11) is 6.20. The van der Waals surface area contributed by atoms with Crippen LogP contribution in [0.2, 0.25) is 0 Å². The number of hydrogen-bond acceptors (Lipinski definition) is 7. The SMILES string of the molecule is CCOCc1nc2c(N(C)CCN(C)C)nc3ccccc3c2n1CCOCCO. The Labute approximate surface area is 178 Å². The fraction of sp³-hybridized carbons (Fsp3) is 0.545. The zero-order chi connectivity index (χ0) is 21.5. The number of para-hydroxylation sites is 1. The number of aromatic nitrogens is 3. The molecule has 0 radical (unpaired) electrons. The molecule has 1 N–H and O–H groups in total. The Balaban J connectivity index is 2.13. The standard InChI is InChI=1S/C22H33N5O3/c1-5-29-16-19-24-20-21(27(19)12-14-30-15-13-28)17-8-6-7-9-18(17)23-22(20)26(4)11-10-25(2)3/h6-9,28H,5,10-16H2,1-4H3. The number of hydrogen-bond donors (Lipinski definition) is 1. The first-order valence-electron chi connectivity index (χ1n) is 10.5. The van der Waals surface area contributed by atoms with E-state index >= 15 is 0 Å². The van der Waals surface area contributed by atoms with E-state index in [-0.39, 0.29) is 6.61 Å². The minimum absolute atomic E-state index is 0.0180. The van der Waals surface area contributed by atoms with Crippen molar-refractivity contribution in [1.29, 1.82) is 0 Å². The van der Waals surface area contributed by atoms with Gasteiger partial charge in [0.05, 0.1) is 30.9 Å². The Morgan fingerprint density at radius 2 is 1.83 bits per heavy atom. The molecular formula is C22H33N5O3. The summed E-state index contributed by atoms with van der Waals surface area (Å²) in [5, 5.41) is 10.1. The molecule has 164 valence electrons. The summed E-state index contributed by atoms with van der Waals surface area (Å²) < 4.78 is 13.4. The van der Waals surface area contributed by atoms with Gasteiger partial charge in [-0.2, -0.15) is 0 Å². The molecule has 0 amide bonds. The number of imidazole rings is 1. The van der Waals surface area contributed by atoms with Crippen LogP contribution in [0.25, 0.3) is 21.9 Å². The van der Waals surface area contributed by atoms with E-state index in [1.165, 1.54) is 0 Å². The average molecular weight is 416 g/mol. The van der Waals surface area contributed by atoms with Crippen LogP contribution in [0.15, 0.2) is 24.3 Å². The van der Waals surface area contributed by atoms with Gasteiger partial charge in [-0.3, -0.25) is 0 Å². The molecule has 0 aliphatic carbocycles. The van der Waals surface area contributed by atoms with Crippen LogP contribution >= 0.6 is 0 Å². The molecular weight excluding hydrogens is 382 g/mol. The smallest absolute Gasteiger partial charge is 0.157 e. The molecule has 0 atom stereocenters. The van der Waals surface area contributed by atoms with Crippen molar-refractivity contribution in [3.05, 3.63) is 30.1 Å². The van der Waals surface area contributed by atoms with Crippen LogP contribution in [0.1, 0.15) is 12.7 Å². The second-order valence-corrected chi connectivity index (χ2v) is 7.53. The van der Waals surface area contributed by atoms with Crippen molar-refractivity contribution in [3.63, 3.8) is 0 Å². The Kier molecular flexibility index (Phi) is 7.98. The minimum Gasteiger partial charge on any atom is -0.394 e. The van der Waals surface area contributed by atoms with Gasteiger partial charge in [-0.05, 0) is 27.1 Å². The highest BCUT2D eigenvalue weighted by Gasteiger charge is 2.20. The van der Waals surface area contributed by atoms with Gasteiger partial charge in [-0.25, -0.2) is 9.97 Å². The molecule has 30 heavy (non-hydrogen) atoms. The van der Waals surface area contributed by atoms with E-state index in [0.717, 1.165) is 46.7 Å². The Bertz CT molecular complexity index is 957. The number of fused-ring (bicyclic) bond motifs is 3. The number of aliphatic hydroxyl groups excluding tert-OH is 1. The first kappa shape index (κ1) is 22.4. The lowest BCUT2D eigenvalue weighted by molar-refractivity contribution is 0.0845. The monoisotopic (exact) mass is 415 g/mol. The number of nitrogens with zero attached hydrogens (tertiary/aromatic N) is 5. The van der Waals surface area contributed by atoms with Crippen molar-refractivity contribution < 1.29 is 14.6 Å². The molecule has 8 heteroatoms. The van der Waals surface area contributed by atoms with Gasteiger partial charge in [0.15, 0.2) is 5.82 Å². The highest BCUT2D eigenvalue weighted by atomic mass is 16.5. The average Bonchev–Trinajstić information content (AvgIpc) is 3.11. The van der Waals surface area contributed by atoms with Crippen molar-refractivity contribution in [3.8, 4) is 0 Å². The van der Waals surface area contributed by atoms with Gasteiger partial charge >= 0.3 is 0 Å². The number of anilines is 1. The molecule has 0 fully saturated rings. The maximum Gasteiger partial charge on any atom is 0.157 e. The molecule has 0 spiro atoms. The summed E-state index contributed by atoms with van der Waals surface area (Å²) >= 11 is 0. The molecule has 0 bridgehead atoms. The number of pyridine rings is 1. The number of ether oxygens (including phenoxy) is 2. The number of aliphatic hydroxyl groups is 1. The first-order valence-corrected chi connectivity index (χ1v) is 10.5. The summed E-state index contributed by atoms with van der Waals surface area (Å²) in [4.78, 5) is 14.2. The van der Waals surface area contributed by atoms with Gasteiger partial charge in [-0.1, -0.05) is 18.2 Å². The van der Waals surface area contributed by atoms with Gasteiger partial charge in [0.1, 0.15) is 17.9 Å². The molecule has 8 nitrogen and oxygen atoms in total. The highest BCUT2D eigenvalue weighted by Crippen LogP contribution is 2.32. The second-order valence-electron chi connectivity index (χ2n) is 7.53. The van der Waals surface area contributed by atoms with E-state index < -0.39 is 0 Å². The van der Waals surface area contributed by atoms with Crippen molar-refractivity contribution >= 4 is 27.8 Å². The van der Waals surface area contributed by atoms with Gasteiger partial charge < -0.3 is 28.9 Å². The largest absolute Gasteiger partial charge is 0.394 e. The third-order valence-electron chi connectivity index (χ3n) is 5.02. The van der Waals surface area contributed by atoms with Crippen LogP contribution in [-0.2, 0) is 22.6 Å². The normalized spacial score (nSPS) is 11.8. The van der Waals surface area contributed by atoms with E-state index in [4.69, 9.17) is 24.5 Å². The molecule has 2 aromatic heterocycles. The fourth-order valence-electron chi connectivity index (χ4n) is 3.46. The number of benzene rings is 1. The topological polar surface area (TPSA) is 75.9 Å². The summed E-state index contributed by atoms with van der Waals surface area (Å²) in [6.45, 7) is 6.28.